The Balaban J connectivity index is 1.23. The molecule has 0 fully saturated rings. The molecular weight excluding hydrogens is 436 g/mol. The van der Waals surface area contributed by atoms with Crippen LogP contribution in [0.1, 0.15) is 12.0 Å². The van der Waals surface area contributed by atoms with Crippen LogP contribution in [0.3, 0.4) is 0 Å². The van der Waals surface area contributed by atoms with E-state index in [0.29, 0.717) is 24.7 Å². The number of benzene rings is 2. The summed E-state index contributed by atoms with van der Waals surface area (Å²) in [6, 6.07) is 11.9. The van der Waals surface area contributed by atoms with Gasteiger partial charge in [0.2, 0.25) is 21.8 Å². The number of ether oxygens (including phenoxy) is 2. The molecule has 2 aromatic carbocycles. The Labute approximate surface area is 184 Å². The third-order valence-electron chi connectivity index (χ3n) is 4.84. The van der Waals surface area contributed by atoms with Crippen molar-refractivity contribution < 1.29 is 27.5 Å². The van der Waals surface area contributed by atoms with E-state index in [0.717, 1.165) is 16.5 Å². The molecule has 2 amide bonds. The van der Waals surface area contributed by atoms with Gasteiger partial charge in [-0.3, -0.25) is 20.4 Å². The van der Waals surface area contributed by atoms with E-state index < -0.39 is 15.9 Å². The van der Waals surface area contributed by atoms with Crippen molar-refractivity contribution in [3.8, 4) is 11.5 Å². The van der Waals surface area contributed by atoms with Gasteiger partial charge >= 0.3 is 0 Å². The minimum absolute atomic E-state index is 0.00851. The fourth-order valence-corrected chi connectivity index (χ4v) is 4.32. The molecule has 1 aliphatic rings. The molecule has 0 saturated carbocycles. The summed E-state index contributed by atoms with van der Waals surface area (Å²) in [7, 11) is -3.83. The van der Waals surface area contributed by atoms with Gasteiger partial charge in [-0.05, 0) is 23.8 Å². The minimum Gasteiger partial charge on any atom is -0.486 e. The zero-order valence-corrected chi connectivity index (χ0v) is 17.8. The van der Waals surface area contributed by atoms with Gasteiger partial charge in [0.25, 0.3) is 0 Å². The molecule has 0 spiro atoms. The minimum atomic E-state index is -3.83. The maximum absolute atomic E-state index is 12.4. The summed E-state index contributed by atoms with van der Waals surface area (Å²) in [6.07, 6.45) is 1.68. The van der Waals surface area contributed by atoms with Crippen molar-refractivity contribution in [3.05, 3.63) is 54.2 Å². The van der Waals surface area contributed by atoms with Crippen molar-refractivity contribution in [2.75, 3.05) is 19.8 Å². The van der Waals surface area contributed by atoms with Gasteiger partial charge in [0.05, 0.1) is 11.3 Å². The molecule has 4 rings (SSSR count). The molecule has 1 aliphatic heterocycles. The second-order valence-corrected chi connectivity index (χ2v) is 8.85. The zero-order valence-electron chi connectivity index (χ0n) is 17.0. The van der Waals surface area contributed by atoms with Crippen molar-refractivity contribution in [1.82, 2.24) is 20.6 Å². The molecule has 0 atom stereocenters. The van der Waals surface area contributed by atoms with E-state index in [2.05, 4.69) is 20.6 Å². The van der Waals surface area contributed by atoms with Crippen LogP contribution in [0.5, 0.6) is 11.5 Å². The highest BCUT2D eigenvalue weighted by Gasteiger charge is 2.19. The molecular formula is C21H22N4O6S. The summed E-state index contributed by atoms with van der Waals surface area (Å²) in [5.41, 5.74) is 6.35. The number of carbonyl (C=O) groups excluding carboxylic acids is 2. The van der Waals surface area contributed by atoms with Crippen LogP contribution < -0.4 is 25.0 Å². The van der Waals surface area contributed by atoms with E-state index in [4.69, 9.17) is 9.47 Å². The van der Waals surface area contributed by atoms with Crippen LogP contribution in [0.25, 0.3) is 10.9 Å². The second kappa shape index (κ2) is 9.28. The molecule has 0 bridgehead atoms. The van der Waals surface area contributed by atoms with E-state index in [-0.39, 0.29) is 30.2 Å². The third-order valence-corrected chi connectivity index (χ3v) is 6.29. The highest BCUT2D eigenvalue weighted by atomic mass is 32.2. The van der Waals surface area contributed by atoms with E-state index in [1.54, 1.807) is 6.20 Å². The van der Waals surface area contributed by atoms with Crippen molar-refractivity contribution in [2.45, 2.75) is 17.7 Å². The summed E-state index contributed by atoms with van der Waals surface area (Å²) in [6.45, 7) is 0.613. The maximum Gasteiger partial charge on any atom is 0.242 e. The molecule has 0 unspecified atom stereocenters. The standard InChI is InChI=1S/C21H22N4O6S/c26-20(24-25-21(27)11-14-13-22-17-4-2-1-3-16(14)17)7-8-23-32(28,29)15-5-6-18-19(12-15)31-10-9-30-18/h1-6,12-13,22-23H,7-11H2,(H,24,26)(H,25,27). The number of H-pyrrole nitrogens is 1. The van der Waals surface area contributed by atoms with Crippen LogP contribution in [0.2, 0.25) is 0 Å². The lowest BCUT2D eigenvalue weighted by atomic mass is 10.1. The van der Waals surface area contributed by atoms with Crippen LogP contribution in [-0.4, -0.2) is 45.0 Å². The smallest absolute Gasteiger partial charge is 0.242 e. The number of para-hydroxylation sites is 1. The fourth-order valence-electron chi connectivity index (χ4n) is 3.27. The lowest BCUT2D eigenvalue weighted by molar-refractivity contribution is -0.128. The first-order valence-corrected chi connectivity index (χ1v) is 11.4. The predicted molar refractivity (Wildman–Crippen MR) is 116 cm³/mol. The molecule has 32 heavy (non-hydrogen) atoms. The van der Waals surface area contributed by atoms with E-state index >= 15 is 0 Å². The number of rotatable bonds is 7. The Morgan fingerprint density at radius 2 is 1.72 bits per heavy atom. The third kappa shape index (κ3) is 5.01. The molecule has 0 radical (unpaired) electrons. The number of amides is 2. The lowest BCUT2D eigenvalue weighted by Gasteiger charge is -2.18. The van der Waals surface area contributed by atoms with Crippen molar-refractivity contribution in [2.24, 2.45) is 0 Å². The van der Waals surface area contributed by atoms with Gasteiger partial charge in [0.1, 0.15) is 13.2 Å². The first-order chi connectivity index (χ1) is 15.4. The Bertz CT molecular complexity index is 1250. The maximum atomic E-state index is 12.4. The lowest BCUT2D eigenvalue weighted by Crippen LogP contribution is -2.43. The monoisotopic (exact) mass is 458 g/mol. The van der Waals surface area contributed by atoms with Crippen LogP contribution in [0.4, 0.5) is 0 Å². The number of nitrogens with one attached hydrogen (secondary N) is 4. The van der Waals surface area contributed by atoms with Crippen LogP contribution in [-0.2, 0) is 26.0 Å². The normalized spacial score (nSPS) is 13.0. The first-order valence-electron chi connectivity index (χ1n) is 9.94. The first kappa shape index (κ1) is 21.7. The van der Waals surface area contributed by atoms with E-state index in [1.807, 2.05) is 24.3 Å². The van der Waals surface area contributed by atoms with Crippen molar-refractivity contribution >= 4 is 32.7 Å². The highest BCUT2D eigenvalue weighted by molar-refractivity contribution is 7.89. The molecule has 10 nitrogen and oxygen atoms in total. The summed E-state index contributed by atoms with van der Waals surface area (Å²) in [5.74, 6) is -0.0742. The van der Waals surface area contributed by atoms with Gasteiger partial charge in [0.15, 0.2) is 11.5 Å². The number of aromatic amines is 1. The average molecular weight is 458 g/mol. The number of fused-ring (bicyclic) bond motifs is 2. The predicted octanol–water partition coefficient (Wildman–Crippen LogP) is 0.998. The van der Waals surface area contributed by atoms with E-state index in [1.165, 1.54) is 18.2 Å². The summed E-state index contributed by atoms with van der Waals surface area (Å²) < 4.78 is 38.0. The fraction of sp³-hybridized carbons (Fsp3) is 0.238. The van der Waals surface area contributed by atoms with Crippen molar-refractivity contribution in [3.63, 3.8) is 0 Å². The van der Waals surface area contributed by atoms with Crippen LogP contribution in [0, 0.1) is 0 Å². The van der Waals surface area contributed by atoms with Crippen LogP contribution >= 0.6 is 0 Å². The topological polar surface area (TPSA) is 139 Å². The van der Waals surface area contributed by atoms with Crippen LogP contribution in [0.15, 0.2) is 53.6 Å². The van der Waals surface area contributed by atoms with E-state index in [9.17, 15) is 18.0 Å². The number of hydrogen-bond acceptors (Lipinski definition) is 6. The van der Waals surface area contributed by atoms with Gasteiger partial charge in [-0.2, -0.15) is 0 Å². The molecule has 0 saturated heterocycles. The summed E-state index contributed by atoms with van der Waals surface area (Å²) in [4.78, 5) is 27.2. The summed E-state index contributed by atoms with van der Waals surface area (Å²) >= 11 is 0. The SMILES string of the molecule is O=C(CCNS(=O)(=O)c1ccc2c(c1)OCCO2)NNC(=O)Cc1c[nH]c2ccccc12. The van der Waals surface area contributed by atoms with Gasteiger partial charge in [-0.1, -0.05) is 18.2 Å². The quantitative estimate of drug-likeness (QED) is 0.390. The van der Waals surface area contributed by atoms with Gasteiger partial charge in [0, 0.05) is 36.1 Å². The van der Waals surface area contributed by atoms with Gasteiger partial charge in [-0.25, -0.2) is 13.1 Å². The molecule has 2 heterocycles. The Morgan fingerprint density at radius 3 is 2.56 bits per heavy atom. The highest BCUT2D eigenvalue weighted by Crippen LogP contribution is 2.32. The van der Waals surface area contributed by atoms with Gasteiger partial charge < -0.3 is 14.5 Å². The molecule has 168 valence electrons. The Morgan fingerprint density at radius 1 is 0.969 bits per heavy atom. The molecule has 1 aromatic heterocycles. The molecule has 4 N–H and O–H groups in total. The molecule has 11 heteroatoms. The zero-order chi connectivity index (χ0) is 22.6. The Hall–Kier alpha value is -3.57. The van der Waals surface area contributed by atoms with Gasteiger partial charge in [-0.15, -0.1) is 0 Å². The number of aromatic nitrogens is 1. The largest absolute Gasteiger partial charge is 0.486 e. The summed E-state index contributed by atoms with van der Waals surface area (Å²) in [5, 5.41) is 0.933. The number of carbonyl (C=O) groups is 2. The average Bonchev–Trinajstić information content (AvgIpc) is 3.20. The molecule has 3 aromatic rings. The number of sulfonamides is 1. The second-order valence-electron chi connectivity index (χ2n) is 7.09. The number of hydrazine groups is 1. The molecule has 0 aliphatic carbocycles. The Kier molecular flexibility index (Phi) is 6.28. The number of hydrogen-bond donors (Lipinski definition) is 4. The van der Waals surface area contributed by atoms with Crippen molar-refractivity contribution in [1.29, 1.82) is 0 Å².